The van der Waals surface area contributed by atoms with Crippen LogP contribution in [0.15, 0.2) is 0 Å². The van der Waals surface area contributed by atoms with E-state index in [4.69, 9.17) is 0 Å². The Morgan fingerprint density at radius 3 is 1.59 bits per heavy atom. The fraction of sp³-hybridized carbons (Fsp3) is 1.00. The molecule has 2 heteroatoms. The lowest BCUT2D eigenvalue weighted by Gasteiger charge is -2.58. The molecule has 1 nitrogen and oxygen atoms in total. The Hall–Kier alpha value is 0.177. The number of rotatable bonds is 2. The highest BCUT2D eigenvalue weighted by molar-refractivity contribution is 6.76. The lowest BCUT2D eigenvalue weighted by molar-refractivity contribution is 0.0746. The van der Waals surface area contributed by atoms with Crippen LogP contribution in [-0.2, 0) is 0 Å². The molecule has 158 valence electrons. The Morgan fingerprint density at radius 2 is 1.15 bits per heavy atom. The SMILES string of the molecule is CC1C(C)C([Si](C)(C)N(C(C)(C)C)C(C)(C)C)C2CC3CCCCC3CC12. The van der Waals surface area contributed by atoms with E-state index >= 15 is 0 Å². The van der Waals surface area contributed by atoms with E-state index in [2.05, 4.69) is 73.0 Å². The molecule has 0 aliphatic heterocycles. The lowest BCUT2D eigenvalue weighted by atomic mass is 9.63. The fourth-order valence-corrected chi connectivity index (χ4v) is 15.9. The maximum Gasteiger partial charge on any atom is 0.126 e. The van der Waals surface area contributed by atoms with E-state index in [9.17, 15) is 0 Å². The fourth-order valence-electron chi connectivity index (χ4n) is 9.13. The zero-order valence-corrected chi connectivity index (χ0v) is 21.2. The van der Waals surface area contributed by atoms with Crippen LogP contribution in [-0.4, -0.2) is 23.9 Å². The van der Waals surface area contributed by atoms with Crippen LogP contribution in [0, 0.1) is 35.5 Å². The summed E-state index contributed by atoms with van der Waals surface area (Å²) >= 11 is 0. The lowest BCUT2D eigenvalue weighted by Crippen LogP contribution is -2.67. The van der Waals surface area contributed by atoms with Gasteiger partial charge in [-0.2, -0.15) is 0 Å². The minimum atomic E-state index is -1.61. The third-order valence-corrected chi connectivity index (χ3v) is 14.1. The van der Waals surface area contributed by atoms with Crippen molar-refractivity contribution in [2.24, 2.45) is 35.5 Å². The van der Waals surface area contributed by atoms with Crippen molar-refractivity contribution in [2.45, 2.75) is 124 Å². The van der Waals surface area contributed by atoms with Gasteiger partial charge in [-0.15, -0.1) is 0 Å². The van der Waals surface area contributed by atoms with Crippen molar-refractivity contribution >= 4 is 8.24 Å². The Kier molecular flexibility index (Phi) is 5.79. The average molecular weight is 392 g/mol. The molecule has 3 fully saturated rings. The van der Waals surface area contributed by atoms with Crippen molar-refractivity contribution in [1.82, 2.24) is 4.57 Å². The van der Waals surface area contributed by atoms with E-state index in [1.54, 1.807) is 12.8 Å². The van der Waals surface area contributed by atoms with Crippen molar-refractivity contribution in [3.05, 3.63) is 0 Å². The van der Waals surface area contributed by atoms with E-state index in [0.717, 1.165) is 41.0 Å². The van der Waals surface area contributed by atoms with Crippen LogP contribution in [0.4, 0.5) is 0 Å². The van der Waals surface area contributed by atoms with Crippen molar-refractivity contribution < 1.29 is 0 Å². The van der Waals surface area contributed by atoms with E-state index in [-0.39, 0.29) is 11.1 Å². The van der Waals surface area contributed by atoms with Crippen molar-refractivity contribution in [3.8, 4) is 0 Å². The van der Waals surface area contributed by atoms with Crippen molar-refractivity contribution in [1.29, 1.82) is 0 Å². The molecule has 7 atom stereocenters. The summed E-state index contributed by atoms with van der Waals surface area (Å²) in [7, 11) is -1.61. The first kappa shape index (κ1) is 21.9. The molecular weight excluding hydrogens is 342 g/mol. The summed E-state index contributed by atoms with van der Waals surface area (Å²) in [4.78, 5) is 0. The van der Waals surface area contributed by atoms with Crippen LogP contribution in [0.5, 0.6) is 0 Å². The maximum absolute atomic E-state index is 3.01. The van der Waals surface area contributed by atoms with Crippen LogP contribution in [0.1, 0.15) is 93.9 Å². The number of hydrogen-bond acceptors (Lipinski definition) is 1. The molecule has 3 rings (SSSR count). The Bertz CT molecular complexity index is 511. The van der Waals surface area contributed by atoms with Gasteiger partial charge in [0, 0.05) is 11.1 Å². The Morgan fingerprint density at radius 1 is 0.704 bits per heavy atom. The van der Waals surface area contributed by atoms with Crippen molar-refractivity contribution in [3.63, 3.8) is 0 Å². The molecule has 0 amide bonds. The van der Waals surface area contributed by atoms with Crippen LogP contribution < -0.4 is 0 Å². The summed E-state index contributed by atoms with van der Waals surface area (Å²) in [6.45, 7) is 25.5. The molecule has 0 aromatic rings. The van der Waals surface area contributed by atoms with Gasteiger partial charge in [0.25, 0.3) is 0 Å². The zero-order valence-electron chi connectivity index (χ0n) is 20.2. The van der Waals surface area contributed by atoms with Crippen LogP contribution in [0.2, 0.25) is 18.6 Å². The zero-order chi connectivity index (χ0) is 20.4. The molecule has 3 aliphatic rings. The molecule has 0 radical (unpaired) electrons. The molecule has 0 saturated heterocycles. The largest absolute Gasteiger partial charge is 0.314 e. The molecule has 3 saturated carbocycles. The number of nitrogens with zero attached hydrogens (tertiary/aromatic N) is 1. The second kappa shape index (κ2) is 7.15. The van der Waals surface area contributed by atoms with E-state index in [1.807, 2.05) is 0 Å². The van der Waals surface area contributed by atoms with Crippen molar-refractivity contribution in [2.75, 3.05) is 0 Å². The molecule has 0 N–H and O–H groups in total. The van der Waals surface area contributed by atoms with Gasteiger partial charge < -0.3 is 4.57 Å². The third kappa shape index (κ3) is 3.83. The number of hydrogen-bond donors (Lipinski definition) is 0. The monoisotopic (exact) mass is 391 g/mol. The van der Waals surface area contributed by atoms with Gasteiger partial charge >= 0.3 is 0 Å². The highest BCUT2D eigenvalue weighted by Crippen LogP contribution is 2.63. The Labute approximate surface area is 172 Å². The molecule has 7 unspecified atom stereocenters. The van der Waals surface area contributed by atoms with Gasteiger partial charge in [0.1, 0.15) is 8.24 Å². The van der Waals surface area contributed by atoms with Crippen LogP contribution in [0.25, 0.3) is 0 Å². The summed E-state index contributed by atoms with van der Waals surface area (Å²) in [6.07, 6.45) is 9.21. The van der Waals surface area contributed by atoms with Crippen LogP contribution in [0.3, 0.4) is 0 Å². The second-order valence-electron chi connectivity index (χ2n) is 13.2. The van der Waals surface area contributed by atoms with Gasteiger partial charge in [-0.3, -0.25) is 0 Å². The smallest absolute Gasteiger partial charge is 0.126 e. The standard InChI is InChI=1S/C25H49NSi/c1-17-18(2)23(27(9,10)26(24(3,4)5)25(6,7)8)22-16-20-14-12-11-13-19(20)15-21(17)22/h17-23H,11-16H2,1-10H3. The second-order valence-corrected chi connectivity index (χ2v) is 17.6. The molecule has 3 aliphatic carbocycles. The maximum atomic E-state index is 3.01. The summed E-state index contributed by atoms with van der Waals surface area (Å²) < 4.78 is 3.01. The van der Waals surface area contributed by atoms with Gasteiger partial charge in [-0.25, -0.2) is 0 Å². The molecule has 0 spiro atoms. The molecule has 0 heterocycles. The van der Waals surface area contributed by atoms with Gasteiger partial charge in [0.15, 0.2) is 0 Å². The number of fused-ring (bicyclic) bond motifs is 2. The third-order valence-electron chi connectivity index (χ3n) is 9.03. The molecule has 0 aromatic carbocycles. The molecule has 27 heavy (non-hydrogen) atoms. The predicted molar refractivity (Wildman–Crippen MR) is 123 cm³/mol. The van der Waals surface area contributed by atoms with Gasteiger partial charge in [0.2, 0.25) is 0 Å². The summed E-state index contributed by atoms with van der Waals surface area (Å²) in [5.74, 6) is 5.97. The average Bonchev–Trinajstić information content (AvgIpc) is 2.73. The van der Waals surface area contributed by atoms with E-state index < -0.39 is 8.24 Å². The molecular formula is C25H49NSi. The predicted octanol–water partition coefficient (Wildman–Crippen LogP) is 7.58. The quantitative estimate of drug-likeness (QED) is 0.438. The minimum Gasteiger partial charge on any atom is -0.314 e. The van der Waals surface area contributed by atoms with E-state index in [1.165, 1.54) is 25.7 Å². The summed E-state index contributed by atoms with van der Waals surface area (Å²) in [5.41, 5.74) is 1.45. The van der Waals surface area contributed by atoms with E-state index in [0.29, 0.717) is 0 Å². The summed E-state index contributed by atoms with van der Waals surface area (Å²) in [6, 6.07) is 0. The topological polar surface area (TPSA) is 3.24 Å². The van der Waals surface area contributed by atoms with Gasteiger partial charge in [-0.05, 0) is 95.4 Å². The van der Waals surface area contributed by atoms with Gasteiger partial charge in [-0.1, -0.05) is 52.6 Å². The normalized spacial score (nSPS) is 40.8. The summed E-state index contributed by atoms with van der Waals surface area (Å²) in [5, 5.41) is 0. The first-order valence-electron chi connectivity index (χ1n) is 12.1. The molecule has 0 bridgehead atoms. The Balaban J connectivity index is 1.96. The first-order chi connectivity index (χ1) is 12.3. The minimum absolute atomic E-state index is 0.247. The first-order valence-corrected chi connectivity index (χ1v) is 15.1. The van der Waals surface area contributed by atoms with Gasteiger partial charge in [0.05, 0.1) is 0 Å². The highest BCUT2D eigenvalue weighted by Gasteiger charge is 2.59. The highest BCUT2D eigenvalue weighted by atomic mass is 28.3. The van der Waals surface area contributed by atoms with Crippen LogP contribution >= 0.6 is 0 Å². The molecule has 0 aromatic heterocycles.